The molecule has 166 valence electrons. The molecule has 0 aliphatic carbocycles. The summed E-state index contributed by atoms with van der Waals surface area (Å²) in [5.41, 5.74) is 7.93. The maximum Gasteiger partial charge on any atom is 0.263 e. The summed E-state index contributed by atoms with van der Waals surface area (Å²) >= 11 is 0. The number of benzene rings is 2. The molecule has 1 aliphatic rings. The van der Waals surface area contributed by atoms with E-state index in [0.29, 0.717) is 35.5 Å². The fraction of sp³-hybridized carbons (Fsp3) is 0.292. The first-order chi connectivity index (χ1) is 15.5. The minimum Gasteiger partial charge on any atom is -0.470 e. The first-order valence-electron chi connectivity index (χ1n) is 10.5. The van der Waals surface area contributed by atoms with Gasteiger partial charge in [0, 0.05) is 31.7 Å². The molecule has 3 aromatic rings. The summed E-state index contributed by atoms with van der Waals surface area (Å²) in [6, 6.07) is 14.7. The number of ether oxygens (including phenoxy) is 2. The molecule has 0 spiro atoms. The lowest BCUT2D eigenvalue weighted by atomic mass is 10.1. The number of anilines is 1. The van der Waals surface area contributed by atoms with E-state index in [1.807, 2.05) is 25.1 Å². The van der Waals surface area contributed by atoms with Gasteiger partial charge in [-0.1, -0.05) is 29.8 Å². The van der Waals surface area contributed by atoms with Crippen molar-refractivity contribution in [1.29, 1.82) is 0 Å². The van der Waals surface area contributed by atoms with Crippen molar-refractivity contribution < 1.29 is 14.3 Å². The van der Waals surface area contributed by atoms with Crippen LogP contribution in [-0.2, 0) is 6.61 Å². The molecular weight excluding hydrogens is 406 g/mol. The molecule has 0 radical (unpaired) electrons. The van der Waals surface area contributed by atoms with Crippen molar-refractivity contribution in [2.75, 3.05) is 38.1 Å². The Morgan fingerprint density at radius 1 is 1.09 bits per heavy atom. The van der Waals surface area contributed by atoms with E-state index in [0.717, 1.165) is 37.3 Å². The predicted molar refractivity (Wildman–Crippen MR) is 122 cm³/mol. The minimum absolute atomic E-state index is 0.359. The topological polar surface area (TPSA) is 93.8 Å². The van der Waals surface area contributed by atoms with Crippen molar-refractivity contribution in [2.24, 2.45) is 5.73 Å². The van der Waals surface area contributed by atoms with Crippen LogP contribution in [0.1, 0.15) is 21.5 Å². The van der Waals surface area contributed by atoms with Gasteiger partial charge in [-0.25, -0.2) is 4.98 Å². The molecule has 1 amide bonds. The standard InChI is InChI=1S/C24H27N5O3/c1-17-4-3-5-18(14-17)16-31-23-21(32-20-8-6-19(7-9-20)22(25)30)15-26-24(27-23)29-12-10-28(2)11-13-29/h3-9,14-15H,10-13,16H2,1-2H3,(H2,25,30). The second-order valence-corrected chi connectivity index (χ2v) is 7.90. The van der Waals surface area contributed by atoms with Crippen molar-refractivity contribution in [3.63, 3.8) is 0 Å². The van der Waals surface area contributed by atoms with Crippen molar-refractivity contribution in [2.45, 2.75) is 13.5 Å². The van der Waals surface area contributed by atoms with Gasteiger partial charge in [0.05, 0.1) is 6.20 Å². The molecule has 0 bridgehead atoms. The summed E-state index contributed by atoms with van der Waals surface area (Å²) in [5, 5.41) is 0. The maximum absolute atomic E-state index is 11.3. The number of aromatic nitrogens is 2. The van der Waals surface area contributed by atoms with E-state index in [1.54, 1.807) is 30.5 Å². The molecule has 4 rings (SSSR count). The number of hydrogen-bond donors (Lipinski definition) is 1. The van der Waals surface area contributed by atoms with E-state index in [-0.39, 0.29) is 0 Å². The van der Waals surface area contributed by atoms with Gasteiger partial charge in [0.2, 0.25) is 17.6 Å². The molecule has 1 aliphatic heterocycles. The van der Waals surface area contributed by atoms with Crippen LogP contribution in [0.15, 0.2) is 54.7 Å². The highest BCUT2D eigenvalue weighted by Crippen LogP contribution is 2.31. The Balaban J connectivity index is 1.57. The Kier molecular flexibility index (Phi) is 6.51. The highest BCUT2D eigenvalue weighted by Gasteiger charge is 2.19. The van der Waals surface area contributed by atoms with Gasteiger partial charge in [0.1, 0.15) is 12.4 Å². The highest BCUT2D eigenvalue weighted by atomic mass is 16.5. The predicted octanol–water partition coefficient (Wildman–Crippen LogP) is 3.01. The summed E-state index contributed by atoms with van der Waals surface area (Å²) in [6.45, 7) is 6.01. The van der Waals surface area contributed by atoms with Crippen LogP contribution in [0.25, 0.3) is 0 Å². The first-order valence-corrected chi connectivity index (χ1v) is 10.5. The highest BCUT2D eigenvalue weighted by molar-refractivity contribution is 5.92. The van der Waals surface area contributed by atoms with Gasteiger partial charge in [0.25, 0.3) is 5.88 Å². The van der Waals surface area contributed by atoms with Gasteiger partial charge in [-0.2, -0.15) is 4.98 Å². The van der Waals surface area contributed by atoms with E-state index in [2.05, 4.69) is 32.9 Å². The Bertz CT molecular complexity index is 1080. The van der Waals surface area contributed by atoms with Gasteiger partial charge >= 0.3 is 0 Å². The van der Waals surface area contributed by atoms with Crippen molar-refractivity contribution in [3.05, 3.63) is 71.4 Å². The number of likely N-dealkylation sites (N-methyl/N-ethyl adjacent to an activating group) is 1. The van der Waals surface area contributed by atoms with Crippen LogP contribution in [-0.4, -0.2) is 54.0 Å². The van der Waals surface area contributed by atoms with Crippen LogP contribution in [0, 0.1) is 6.92 Å². The minimum atomic E-state index is -0.487. The fourth-order valence-corrected chi connectivity index (χ4v) is 3.45. The molecule has 2 aromatic carbocycles. The third-order valence-corrected chi connectivity index (χ3v) is 5.32. The summed E-state index contributed by atoms with van der Waals surface area (Å²) in [7, 11) is 2.11. The first kappa shape index (κ1) is 21.6. The molecule has 2 N–H and O–H groups in total. The van der Waals surface area contributed by atoms with E-state index >= 15 is 0 Å². The Morgan fingerprint density at radius 2 is 1.84 bits per heavy atom. The van der Waals surface area contributed by atoms with Crippen LogP contribution in [0.2, 0.25) is 0 Å². The lowest BCUT2D eigenvalue weighted by Gasteiger charge is -2.32. The summed E-state index contributed by atoms with van der Waals surface area (Å²) < 4.78 is 12.1. The van der Waals surface area contributed by atoms with Gasteiger partial charge in [0.15, 0.2) is 0 Å². The van der Waals surface area contributed by atoms with Crippen molar-refractivity contribution >= 4 is 11.9 Å². The van der Waals surface area contributed by atoms with E-state index < -0.39 is 5.91 Å². The third kappa shape index (κ3) is 5.33. The van der Waals surface area contributed by atoms with Crippen LogP contribution in [0.5, 0.6) is 17.4 Å². The van der Waals surface area contributed by atoms with Gasteiger partial charge < -0.3 is 25.0 Å². The monoisotopic (exact) mass is 433 g/mol. The number of aryl methyl sites for hydroxylation is 1. The number of carbonyl (C=O) groups excluding carboxylic acids is 1. The number of primary amides is 1. The number of nitrogens with zero attached hydrogens (tertiary/aromatic N) is 4. The number of amides is 1. The molecule has 0 atom stereocenters. The molecule has 0 unspecified atom stereocenters. The number of carbonyl (C=O) groups is 1. The molecule has 8 nitrogen and oxygen atoms in total. The molecule has 8 heteroatoms. The van der Waals surface area contributed by atoms with E-state index in [9.17, 15) is 4.79 Å². The quantitative estimate of drug-likeness (QED) is 0.612. The molecule has 1 saturated heterocycles. The number of hydrogen-bond acceptors (Lipinski definition) is 7. The average Bonchev–Trinajstić information content (AvgIpc) is 2.79. The van der Waals surface area contributed by atoms with Gasteiger partial charge in [-0.15, -0.1) is 0 Å². The Labute approximate surface area is 187 Å². The van der Waals surface area contributed by atoms with Crippen molar-refractivity contribution in [3.8, 4) is 17.4 Å². The molecule has 1 aromatic heterocycles. The summed E-state index contributed by atoms with van der Waals surface area (Å²) in [4.78, 5) is 24.9. The number of rotatable bonds is 7. The van der Waals surface area contributed by atoms with E-state index in [1.165, 1.54) is 0 Å². The second-order valence-electron chi connectivity index (χ2n) is 7.90. The van der Waals surface area contributed by atoms with E-state index in [4.69, 9.17) is 15.2 Å². The zero-order chi connectivity index (χ0) is 22.5. The molecule has 2 heterocycles. The maximum atomic E-state index is 11.3. The lowest BCUT2D eigenvalue weighted by molar-refractivity contribution is 0.100. The smallest absolute Gasteiger partial charge is 0.263 e. The van der Waals surface area contributed by atoms with Gasteiger partial charge in [-0.05, 0) is 43.8 Å². The Hall–Kier alpha value is -3.65. The molecule has 0 saturated carbocycles. The molecular formula is C24H27N5O3. The molecule has 1 fully saturated rings. The van der Waals surface area contributed by atoms with Crippen LogP contribution < -0.4 is 20.1 Å². The van der Waals surface area contributed by atoms with Crippen LogP contribution >= 0.6 is 0 Å². The zero-order valence-corrected chi connectivity index (χ0v) is 18.3. The normalized spacial score (nSPS) is 14.2. The van der Waals surface area contributed by atoms with Gasteiger partial charge in [-0.3, -0.25) is 4.79 Å². The zero-order valence-electron chi connectivity index (χ0n) is 18.3. The SMILES string of the molecule is Cc1cccc(COc2nc(N3CCN(C)CC3)ncc2Oc2ccc(C(N)=O)cc2)c1. The van der Waals surface area contributed by atoms with Crippen molar-refractivity contribution in [1.82, 2.24) is 14.9 Å². The average molecular weight is 434 g/mol. The third-order valence-electron chi connectivity index (χ3n) is 5.32. The van der Waals surface area contributed by atoms with Crippen LogP contribution in [0.4, 0.5) is 5.95 Å². The summed E-state index contributed by atoms with van der Waals surface area (Å²) in [5.74, 6) is 1.44. The largest absolute Gasteiger partial charge is 0.470 e. The number of piperazine rings is 1. The van der Waals surface area contributed by atoms with Crippen LogP contribution in [0.3, 0.4) is 0 Å². The fourth-order valence-electron chi connectivity index (χ4n) is 3.45. The lowest BCUT2D eigenvalue weighted by Crippen LogP contribution is -2.45. The second kappa shape index (κ2) is 9.65. The molecule has 32 heavy (non-hydrogen) atoms. The Morgan fingerprint density at radius 3 is 2.53 bits per heavy atom. The summed E-state index contributed by atoms with van der Waals surface area (Å²) in [6.07, 6.45) is 1.63. The number of nitrogens with two attached hydrogens (primary N) is 1.